The molecule has 13 aromatic rings. The summed E-state index contributed by atoms with van der Waals surface area (Å²) in [4.78, 5) is 136. The number of halogens is 6. The molecule has 6 amide bonds. The Morgan fingerprint density at radius 1 is 0.340 bits per heavy atom. The summed E-state index contributed by atoms with van der Waals surface area (Å²) in [5.41, 5.74) is 12.0. The molecule has 0 spiro atoms. The number of pyridine rings is 7. The van der Waals surface area contributed by atoms with E-state index in [1.54, 1.807) is 86.7 Å². The average molecular weight is 2120 g/mol. The van der Waals surface area contributed by atoms with Gasteiger partial charge in [0.05, 0.1) is 68.3 Å². The number of carbonyl (C=O) groups excluding carboxylic acids is 9. The van der Waals surface area contributed by atoms with Crippen molar-refractivity contribution in [3.8, 4) is 44.8 Å². The van der Waals surface area contributed by atoms with Crippen molar-refractivity contribution in [2.45, 2.75) is 239 Å². The third-order valence-electron chi connectivity index (χ3n) is 22.4. The van der Waals surface area contributed by atoms with E-state index < -0.39 is 58.0 Å². The van der Waals surface area contributed by atoms with Gasteiger partial charge in [0.1, 0.15) is 65.1 Å². The van der Waals surface area contributed by atoms with Crippen molar-refractivity contribution in [3.05, 3.63) is 308 Å². The molecule has 34 heteroatoms. The number of anilines is 3. The second-order valence-corrected chi connectivity index (χ2v) is 43.0. The van der Waals surface area contributed by atoms with Crippen molar-refractivity contribution in [1.29, 1.82) is 0 Å². The number of nitrogens with zero attached hydrogens (tertiary/aromatic N) is 7. The number of hydrogen-bond acceptors (Lipinski definition) is 22. The fourth-order valence-corrected chi connectivity index (χ4v) is 16.3. The number of aromatic nitrogens is 7. The summed E-state index contributed by atoms with van der Waals surface area (Å²) >= 11 is 29.2. The molecule has 3 saturated carbocycles. The molecule has 28 nitrogen and oxygen atoms in total. The van der Waals surface area contributed by atoms with Crippen molar-refractivity contribution in [1.82, 2.24) is 50.8 Å². The number of ketones is 1. The van der Waals surface area contributed by atoms with Crippen LogP contribution in [0.5, 0.6) is 0 Å². The Kier molecular flexibility index (Phi) is 39.3. The van der Waals surface area contributed by atoms with Crippen LogP contribution in [-0.2, 0) is 51.5 Å². The number of fused-ring (bicyclic) bond motifs is 2. The smallest absolute Gasteiger partial charge is 0.412 e. The number of aldehydes is 2. The topological polar surface area (TPSA) is 371 Å². The van der Waals surface area contributed by atoms with E-state index in [1.165, 1.54) is 30.6 Å². The van der Waals surface area contributed by atoms with E-state index in [0.29, 0.717) is 45.7 Å². The normalized spacial score (nSPS) is 13.5. The van der Waals surface area contributed by atoms with E-state index >= 15 is 0 Å². The van der Waals surface area contributed by atoms with E-state index in [2.05, 4.69) is 136 Å². The van der Waals surface area contributed by atoms with Gasteiger partial charge in [-0.3, -0.25) is 30.3 Å². The van der Waals surface area contributed by atoms with Crippen LogP contribution in [0.15, 0.2) is 243 Å². The van der Waals surface area contributed by atoms with Gasteiger partial charge in [-0.05, 0) is 276 Å². The van der Waals surface area contributed by atoms with Crippen LogP contribution in [0.2, 0.25) is 25.8 Å². The molecule has 3 aliphatic carbocycles. The number of rotatable bonds is 18. The molecule has 6 N–H and O–H groups in total. The number of hydrogen-bond donors (Lipinski definition) is 6. The number of alkyl carbamates (subject to hydrolysis) is 3. The predicted molar refractivity (Wildman–Crippen MR) is 582 cm³/mol. The largest absolute Gasteiger partial charge is 0.444 e. The molecular formula is C113H123Cl6N13O15. The summed E-state index contributed by atoms with van der Waals surface area (Å²) in [5.74, 6) is 0.0931. The minimum absolute atomic E-state index is 0. The lowest BCUT2D eigenvalue weighted by Gasteiger charge is -2.43. The molecule has 772 valence electrons. The number of amides is 6. The summed E-state index contributed by atoms with van der Waals surface area (Å²) in [6.45, 7) is 32.7. The summed E-state index contributed by atoms with van der Waals surface area (Å²) in [7, 11) is 0. The highest BCUT2D eigenvalue weighted by atomic mass is 35.5. The Morgan fingerprint density at radius 3 is 1.14 bits per heavy atom. The molecule has 0 radical (unpaired) electrons. The van der Waals surface area contributed by atoms with Gasteiger partial charge in [-0.2, -0.15) is 0 Å². The summed E-state index contributed by atoms with van der Waals surface area (Å²) < 4.78 is 31.6. The molecule has 6 aromatic carbocycles. The van der Waals surface area contributed by atoms with Gasteiger partial charge in [-0.15, -0.1) is 12.4 Å². The number of ether oxygens (including phenoxy) is 6. The molecule has 16 rings (SSSR count). The average Bonchev–Trinajstić information content (AvgIpc) is 0.781. The second kappa shape index (κ2) is 50.1. The number of benzene rings is 6. The van der Waals surface area contributed by atoms with E-state index in [9.17, 15) is 43.2 Å². The zero-order valence-corrected chi connectivity index (χ0v) is 90.0. The van der Waals surface area contributed by atoms with Gasteiger partial charge in [-0.1, -0.05) is 222 Å². The van der Waals surface area contributed by atoms with E-state index in [-0.39, 0.29) is 79.9 Å². The van der Waals surface area contributed by atoms with Crippen molar-refractivity contribution in [2.75, 3.05) is 16.0 Å². The minimum atomic E-state index is -0.648. The van der Waals surface area contributed by atoms with Crippen molar-refractivity contribution >= 4 is 164 Å². The summed E-state index contributed by atoms with van der Waals surface area (Å²) in [6, 6.07) is 71.6. The number of carbonyl (C=O) groups is 9. The van der Waals surface area contributed by atoms with Gasteiger partial charge in [0, 0.05) is 57.1 Å². The molecule has 0 atom stereocenters. The van der Waals surface area contributed by atoms with Gasteiger partial charge < -0.3 is 44.4 Å². The molecule has 0 bridgehead atoms. The van der Waals surface area contributed by atoms with E-state index in [4.69, 9.17) is 96.4 Å². The van der Waals surface area contributed by atoms with E-state index in [1.807, 2.05) is 172 Å². The van der Waals surface area contributed by atoms with Crippen LogP contribution >= 0.6 is 70.4 Å². The summed E-state index contributed by atoms with van der Waals surface area (Å²) in [5, 5.41) is 19.2. The van der Waals surface area contributed by atoms with E-state index in [0.717, 1.165) is 147 Å². The second-order valence-electron chi connectivity index (χ2n) is 41.0. The van der Waals surface area contributed by atoms with Crippen LogP contribution in [0.4, 0.5) is 45.8 Å². The summed E-state index contributed by atoms with van der Waals surface area (Å²) in [6.07, 6.45) is 11.6. The van der Waals surface area contributed by atoms with Crippen LogP contribution in [0.1, 0.15) is 236 Å². The Hall–Kier alpha value is -13.7. The fourth-order valence-electron chi connectivity index (χ4n) is 15.5. The first kappa shape index (κ1) is 115. The lowest BCUT2D eigenvalue weighted by Crippen LogP contribution is -2.52. The molecule has 7 aromatic heterocycles. The van der Waals surface area contributed by atoms with Crippen LogP contribution in [-0.4, -0.2) is 123 Å². The first-order chi connectivity index (χ1) is 68.7. The zero-order valence-electron chi connectivity index (χ0n) is 85.4. The zero-order chi connectivity index (χ0) is 106. The van der Waals surface area contributed by atoms with Gasteiger partial charge in [0.2, 0.25) is 0 Å². The molecule has 3 fully saturated rings. The molecule has 7 heterocycles. The Balaban J connectivity index is 0.000000186. The van der Waals surface area contributed by atoms with Crippen molar-refractivity contribution < 1.29 is 71.6 Å². The maximum atomic E-state index is 12.5. The molecule has 3 aliphatic rings. The van der Waals surface area contributed by atoms with Gasteiger partial charge in [0.25, 0.3) is 0 Å². The molecule has 0 saturated heterocycles. The van der Waals surface area contributed by atoms with Crippen LogP contribution in [0.3, 0.4) is 0 Å². The van der Waals surface area contributed by atoms with Gasteiger partial charge in [0.15, 0.2) is 18.4 Å². The Labute approximate surface area is 888 Å². The van der Waals surface area contributed by atoms with Crippen molar-refractivity contribution in [2.24, 2.45) is 0 Å². The minimum Gasteiger partial charge on any atom is -0.444 e. The molecular weight excluding hydrogens is 1990 g/mol. The third-order valence-corrected chi connectivity index (χ3v) is 23.4. The molecule has 0 aliphatic heterocycles. The highest BCUT2D eigenvalue weighted by molar-refractivity contribution is 6.31. The highest BCUT2D eigenvalue weighted by Crippen LogP contribution is 2.46. The number of nitrogens with one attached hydrogen (secondary N) is 6. The van der Waals surface area contributed by atoms with Crippen LogP contribution < -0.4 is 31.9 Å². The SMILES string of the molecule is CC(C)(C)OC(=O)NC1(c2ccc(-c3nc4ccc(Cl)nc4cc3-c3ccccc3)cc2)CCC1.CC(C)(C)OC(=O)NC1(c2ccc(-c3nc4cnc(Cl)cc4cc3-c3ccccc3)cc2)CCC1.CC(C)(C)OC(=O)NC1(c2ccc(C(=O)Cc3ccccc3)cc2)CCC1.CC(C)(C)OC(=O)Nc1ccc(Cl)nc1C=O.CC(C)(C)OC(=O)Nc1ccnc(Cl)c1.CC(C)(C)OC(=O)Nc1cnc(Cl)cc1C=O.Cl. The standard InChI is InChI=1S/2C29H28ClN3O2.C23H27NO3.2C11H13ClN2O3.C10H13ClN2O2.ClH/c1-28(2,3)35-27(34)33-29(16-7-17-29)21-12-10-20(11-13-21)26-22(19-8-5-4-6-9-19)18-24-23(32-26)14-15-25(30)31-24;1-28(2,3)35-27(34)33-29(14-7-15-29)22-12-10-20(11-13-22)26-23(19-8-5-4-6-9-19)16-21-17-25(30)31-18-24(21)32-26;1-22(2,3)27-21(26)24-23(14-7-15-23)19-12-10-18(11-13-19)20(25)16-17-8-5-4-6-9-17;1-11(2,3)17-10(16)14-8-5-13-9(12)4-7(8)6-15;1-11(2,3)17-10(16)14-7-4-5-9(12)13-8(7)6-15;1-10(2,3)15-9(14)13-7-4-5-12-8(11)6-7;/h4-6,8-15,18H,7,16-17H2,1-3H3,(H,33,34);4-6,8-13,16-18H,7,14-15H2,1-3H3,(H,33,34);4-6,8-13H,7,14-16H2,1-3H3,(H,24,26);2*4-6H,1-3H3,(H,14,16);4-6H,1-3H3,(H,12,13,14);1H. The molecule has 0 unspecified atom stereocenters. The lowest BCUT2D eigenvalue weighted by molar-refractivity contribution is 0.0365. The fraction of sp³-hybridized carbons (Fsp3) is 0.327. The Morgan fingerprint density at radius 2 is 0.721 bits per heavy atom. The predicted octanol–water partition coefficient (Wildman–Crippen LogP) is 29.4. The first-order valence-corrected chi connectivity index (χ1v) is 49.4. The molecule has 147 heavy (non-hydrogen) atoms. The van der Waals surface area contributed by atoms with Crippen molar-refractivity contribution in [3.63, 3.8) is 0 Å². The Bertz CT molecular complexity index is 6480. The lowest BCUT2D eigenvalue weighted by atomic mass is 9.71. The van der Waals surface area contributed by atoms with Gasteiger partial charge >= 0.3 is 36.6 Å². The highest BCUT2D eigenvalue weighted by Gasteiger charge is 2.44. The maximum absolute atomic E-state index is 12.5. The quantitative estimate of drug-likeness (QED) is 0.0201. The number of Topliss-reactive ketones (excluding diaryl/α,β-unsaturated/α-hetero) is 1. The third kappa shape index (κ3) is 35.0. The monoisotopic (exact) mass is 2110 g/mol. The maximum Gasteiger partial charge on any atom is 0.412 e. The van der Waals surface area contributed by atoms with Gasteiger partial charge in [-0.25, -0.2) is 63.7 Å². The van der Waals surface area contributed by atoms with Crippen LogP contribution in [0, 0.1) is 0 Å². The van der Waals surface area contributed by atoms with Crippen LogP contribution in [0.25, 0.3) is 66.7 Å². The first-order valence-electron chi connectivity index (χ1n) is 47.5.